The van der Waals surface area contributed by atoms with Gasteiger partial charge in [-0.25, -0.2) is 14.4 Å². The molecule has 1 N–H and O–H groups in total. The molecule has 6 nitrogen and oxygen atoms in total. The molecule has 1 aromatic rings. The fourth-order valence-electron chi connectivity index (χ4n) is 5.34. The summed E-state index contributed by atoms with van der Waals surface area (Å²) in [7, 11) is -3.09. The SMILES string of the molecule is CCOC(C#C[C@@H](NP1(=O)N(C(C)C)[C@@H]2CCCC[C@H]2N1C(C)C)c1ccccc1)OCC. The number of rotatable bonds is 9. The van der Waals surface area contributed by atoms with Crippen LogP contribution in [-0.4, -0.2) is 53.0 Å². The highest BCUT2D eigenvalue weighted by molar-refractivity contribution is 7.57. The van der Waals surface area contributed by atoms with Gasteiger partial charge in [0.05, 0.1) is 0 Å². The molecule has 7 heteroatoms. The Balaban J connectivity index is 2.02. The molecular weight excluding hydrogens is 433 g/mol. The quantitative estimate of drug-likeness (QED) is 0.286. The van der Waals surface area contributed by atoms with E-state index in [0.29, 0.717) is 25.3 Å². The molecule has 0 aromatic heterocycles. The van der Waals surface area contributed by atoms with Crippen LogP contribution in [0, 0.1) is 11.8 Å². The Hall–Kier alpha value is -1.19. The fourth-order valence-corrected chi connectivity index (χ4v) is 9.00. The van der Waals surface area contributed by atoms with Gasteiger partial charge >= 0.3 is 0 Å². The Bertz CT molecular complexity index is 817. The summed E-state index contributed by atoms with van der Waals surface area (Å²) in [5.41, 5.74) is 0.995. The summed E-state index contributed by atoms with van der Waals surface area (Å²) in [5.74, 6) is 6.47. The van der Waals surface area contributed by atoms with Crippen LogP contribution < -0.4 is 5.09 Å². The van der Waals surface area contributed by atoms with E-state index in [0.717, 1.165) is 18.4 Å². The number of hydrogen-bond donors (Lipinski definition) is 1. The lowest BCUT2D eigenvalue weighted by Crippen LogP contribution is -2.43. The number of hydrogen-bond acceptors (Lipinski definition) is 3. The third-order valence-corrected chi connectivity index (χ3v) is 9.83. The van der Waals surface area contributed by atoms with Crippen LogP contribution >= 0.6 is 7.59 Å². The zero-order valence-electron chi connectivity index (χ0n) is 21.2. The first-order chi connectivity index (χ1) is 15.8. The van der Waals surface area contributed by atoms with Crippen LogP contribution in [0.4, 0.5) is 0 Å². The predicted octanol–water partition coefficient (Wildman–Crippen LogP) is 5.57. The van der Waals surface area contributed by atoms with Crippen molar-refractivity contribution < 1.29 is 14.0 Å². The highest BCUT2D eigenvalue weighted by atomic mass is 31.2. The van der Waals surface area contributed by atoms with Crippen LogP contribution in [-0.2, 0) is 14.0 Å². The van der Waals surface area contributed by atoms with E-state index < -0.39 is 19.9 Å². The lowest BCUT2D eigenvalue weighted by Gasteiger charge is -2.37. The van der Waals surface area contributed by atoms with Gasteiger partial charge < -0.3 is 9.47 Å². The molecule has 0 bridgehead atoms. The van der Waals surface area contributed by atoms with Crippen LogP contribution in [0.5, 0.6) is 0 Å². The van der Waals surface area contributed by atoms with Crippen molar-refractivity contribution in [2.24, 2.45) is 0 Å². The van der Waals surface area contributed by atoms with Gasteiger partial charge in [-0.15, -0.1) is 0 Å². The summed E-state index contributed by atoms with van der Waals surface area (Å²) in [6.45, 7) is 13.5. The Morgan fingerprint density at radius 2 is 1.45 bits per heavy atom. The molecule has 2 fully saturated rings. The lowest BCUT2D eigenvalue weighted by molar-refractivity contribution is -0.0970. The average Bonchev–Trinajstić information content (AvgIpc) is 3.05. The predicted molar refractivity (Wildman–Crippen MR) is 135 cm³/mol. The first-order valence-corrected chi connectivity index (χ1v) is 14.2. The molecule has 3 rings (SSSR count). The van der Waals surface area contributed by atoms with E-state index in [1.165, 1.54) is 12.8 Å². The molecule has 0 radical (unpaired) electrons. The minimum absolute atomic E-state index is 0.168. The third-order valence-electron chi connectivity index (χ3n) is 6.47. The van der Waals surface area contributed by atoms with Gasteiger partial charge in [0.15, 0.2) is 0 Å². The Morgan fingerprint density at radius 3 is 1.91 bits per heavy atom. The summed E-state index contributed by atoms with van der Waals surface area (Å²) in [6.07, 6.45) is 3.99. The van der Waals surface area contributed by atoms with E-state index in [4.69, 9.17) is 9.47 Å². The Kier molecular flexibility index (Phi) is 9.59. The van der Waals surface area contributed by atoms with Crippen molar-refractivity contribution in [2.75, 3.05) is 13.2 Å². The van der Waals surface area contributed by atoms with Crippen LogP contribution in [0.3, 0.4) is 0 Å². The van der Waals surface area contributed by atoms with Gasteiger partial charge in [-0.05, 0) is 65.9 Å². The van der Waals surface area contributed by atoms with Gasteiger partial charge in [0.2, 0.25) is 6.29 Å². The first-order valence-electron chi connectivity index (χ1n) is 12.6. The van der Waals surface area contributed by atoms with Crippen molar-refractivity contribution in [2.45, 2.75) is 104 Å². The third kappa shape index (κ3) is 5.90. The average molecular weight is 476 g/mol. The molecular formula is C26H42N3O3P. The number of nitrogens with one attached hydrogen (secondary N) is 1. The van der Waals surface area contributed by atoms with Gasteiger partial charge in [0, 0.05) is 37.4 Å². The highest BCUT2D eigenvalue weighted by Gasteiger charge is 2.57. The van der Waals surface area contributed by atoms with Crippen molar-refractivity contribution in [1.82, 2.24) is 14.4 Å². The van der Waals surface area contributed by atoms with Crippen LogP contribution in [0.25, 0.3) is 0 Å². The summed E-state index contributed by atoms with van der Waals surface area (Å²) in [5, 5.41) is 3.59. The van der Waals surface area contributed by atoms with Crippen molar-refractivity contribution >= 4 is 7.59 Å². The molecule has 1 saturated carbocycles. The maximum atomic E-state index is 15.0. The van der Waals surface area contributed by atoms with Crippen molar-refractivity contribution in [3.8, 4) is 11.8 Å². The molecule has 184 valence electrons. The molecule has 1 aromatic carbocycles. The number of nitrogens with zero attached hydrogens (tertiary/aromatic N) is 2. The van der Waals surface area contributed by atoms with Gasteiger partial charge in [-0.3, -0.25) is 4.57 Å². The zero-order valence-corrected chi connectivity index (χ0v) is 22.1. The Labute approximate surface area is 200 Å². The lowest BCUT2D eigenvalue weighted by atomic mass is 9.89. The standard InChI is InChI=1S/C26H42N3O3P/c1-7-31-26(32-8-2)19-18-23(22-14-10-9-11-15-22)27-33(30)28(20(3)4)24-16-12-13-17-25(24)29(33)21(5)6/h9-11,14-15,20-21,23-26H,7-8,12-13,16-17H2,1-6H3,(H,27,30)/t23-,24-,25-/m1/s1. The van der Waals surface area contributed by atoms with Crippen LogP contribution in [0.1, 0.15) is 78.8 Å². The smallest absolute Gasteiger partial charge is 0.286 e. The Morgan fingerprint density at radius 1 is 0.939 bits per heavy atom. The summed E-state index contributed by atoms with van der Waals surface area (Å²) < 4.78 is 30.9. The van der Waals surface area contributed by atoms with E-state index >= 15 is 4.57 Å². The minimum Gasteiger partial charge on any atom is -0.342 e. The fraction of sp³-hybridized carbons (Fsp3) is 0.692. The van der Waals surface area contributed by atoms with E-state index in [-0.39, 0.29) is 12.1 Å². The van der Waals surface area contributed by atoms with Crippen LogP contribution in [0.2, 0.25) is 0 Å². The summed E-state index contributed by atoms with van der Waals surface area (Å²) in [6, 6.07) is 10.6. The zero-order chi connectivity index (χ0) is 24.0. The minimum atomic E-state index is -3.09. The summed E-state index contributed by atoms with van der Waals surface area (Å²) >= 11 is 0. The molecule has 1 heterocycles. The molecule has 0 unspecified atom stereocenters. The second-order valence-corrected chi connectivity index (χ2v) is 11.7. The molecule has 3 atom stereocenters. The maximum Gasteiger partial charge on any atom is 0.286 e. The molecule has 1 aliphatic carbocycles. The summed E-state index contributed by atoms with van der Waals surface area (Å²) in [4.78, 5) is 0. The van der Waals surface area contributed by atoms with E-state index in [1.54, 1.807) is 0 Å². The van der Waals surface area contributed by atoms with Gasteiger partial charge in [-0.1, -0.05) is 49.1 Å². The van der Waals surface area contributed by atoms with Crippen LogP contribution in [0.15, 0.2) is 30.3 Å². The van der Waals surface area contributed by atoms with E-state index in [1.807, 2.05) is 44.2 Å². The van der Waals surface area contributed by atoms with Crippen molar-refractivity contribution in [3.05, 3.63) is 35.9 Å². The first kappa shape index (κ1) is 26.4. The second-order valence-electron chi connectivity index (χ2n) is 9.41. The number of fused-ring (bicyclic) bond motifs is 1. The molecule has 0 spiro atoms. The number of ether oxygens (including phenoxy) is 2. The second kappa shape index (κ2) is 12.0. The van der Waals surface area contributed by atoms with Gasteiger partial charge in [0.25, 0.3) is 7.59 Å². The monoisotopic (exact) mass is 475 g/mol. The van der Waals surface area contributed by atoms with Crippen molar-refractivity contribution in [3.63, 3.8) is 0 Å². The van der Waals surface area contributed by atoms with E-state index in [2.05, 4.69) is 54.0 Å². The molecule has 1 saturated heterocycles. The largest absolute Gasteiger partial charge is 0.342 e. The molecule has 1 aliphatic heterocycles. The maximum absolute atomic E-state index is 15.0. The van der Waals surface area contributed by atoms with Crippen molar-refractivity contribution in [1.29, 1.82) is 0 Å². The van der Waals surface area contributed by atoms with E-state index in [9.17, 15) is 0 Å². The molecule has 0 amide bonds. The number of benzene rings is 1. The molecule has 33 heavy (non-hydrogen) atoms. The molecule has 2 aliphatic rings. The highest BCUT2D eigenvalue weighted by Crippen LogP contribution is 2.63. The van der Waals surface area contributed by atoms with Gasteiger partial charge in [0.1, 0.15) is 6.04 Å². The normalized spacial score (nSPS) is 24.2. The topological polar surface area (TPSA) is 54.0 Å². The van der Waals surface area contributed by atoms with Gasteiger partial charge in [-0.2, -0.15) is 0 Å².